The van der Waals surface area contributed by atoms with Gasteiger partial charge in [-0.2, -0.15) is 0 Å². The minimum atomic E-state index is -4.33. The molecule has 0 radical (unpaired) electrons. The number of nitrogens with zero attached hydrogens (tertiary/aromatic N) is 1. The first-order chi connectivity index (χ1) is 18.3. The minimum absolute atomic E-state index is 0.171. The number of halogens is 2. The molecule has 0 spiro atoms. The van der Waals surface area contributed by atoms with Crippen LogP contribution in [0.4, 0.5) is 5.69 Å². The van der Waals surface area contributed by atoms with Gasteiger partial charge in [-0.1, -0.05) is 41.9 Å². The number of benzene rings is 2. The molecule has 0 amide bonds. The van der Waals surface area contributed by atoms with Gasteiger partial charge < -0.3 is 14.0 Å². The molecular weight excluding hydrogens is 621 g/mol. The number of fused-ring (bicyclic) bond motifs is 2. The van der Waals surface area contributed by atoms with Crippen molar-refractivity contribution in [3.63, 3.8) is 0 Å². The van der Waals surface area contributed by atoms with Crippen LogP contribution < -0.4 is 4.90 Å². The maximum Gasteiger partial charge on any atom is 0.0946 e. The number of aryl methyl sites for hydroxylation is 1. The Labute approximate surface area is 247 Å². The van der Waals surface area contributed by atoms with Crippen molar-refractivity contribution in [3.05, 3.63) is 73.6 Å². The van der Waals surface area contributed by atoms with Gasteiger partial charge in [-0.15, -0.1) is 11.3 Å². The van der Waals surface area contributed by atoms with E-state index in [1.54, 1.807) is 23.5 Å². The summed E-state index contributed by atoms with van der Waals surface area (Å²) >= 11 is 15.6. The van der Waals surface area contributed by atoms with Crippen LogP contribution in [0.3, 0.4) is 0 Å². The second-order valence-electron chi connectivity index (χ2n) is 8.99. The zero-order valence-electron chi connectivity index (χ0n) is 20.9. The van der Waals surface area contributed by atoms with Crippen LogP contribution in [-0.2, 0) is 26.7 Å². The van der Waals surface area contributed by atoms with Crippen LogP contribution in [0.25, 0.3) is 16.2 Å². The molecule has 7 nitrogen and oxygen atoms in total. The summed E-state index contributed by atoms with van der Waals surface area (Å²) in [4.78, 5) is 3.91. The second-order valence-corrected chi connectivity index (χ2v) is 15.1. The molecule has 1 aromatic heterocycles. The molecule has 4 rings (SSSR count). The highest BCUT2D eigenvalue weighted by Gasteiger charge is 2.25. The Morgan fingerprint density at radius 1 is 0.974 bits per heavy atom. The molecule has 0 bridgehead atoms. The van der Waals surface area contributed by atoms with Crippen LogP contribution in [-0.4, -0.2) is 44.0 Å². The molecule has 13 heteroatoms. The van der Waals surface area contributed by atoms with E-state index in [-0.39, 0.29) is 12.8 Å². The van der Waals surface area contributed by atoms with E-state index in [0.29, 0.717) is 29.4 Å². The molecule has 2 heterocycles. The molecular formula is C26H25Cl2NO6S4-2. The molecule has 210 valence electrons. The standard InChI is InChI=1S/C26H27Cl2NO6S4/c1-2-17(13-25-20(5-3-11-38(30,31)32)21-15-18(27)6-8-23(21)36-25)14-26-29(10-4-12-39(33,34)35)22-16-19(28)7-9-24(22)37-26/h6-9,13-16H,2-5,10-12H2,1H3,(H,30,31,32)(H,33,34,35)/p-2. The fourth-order valence-electron chi connectivity index (χ4n) is 4.32. The Morgan fingerprint density at radius 2 is 1.64 bits per heavy atom. The van der Waals surface area contributed by atoms with E-state index in [9.17, 15) is 25.9 Å². The smallest absolute Gasteiger partial charge is 0.0946 e. The summed E-state index contributed by atoms with van der Waals surface area (Å²) in [5, 5.41) is 2.94. The first-order valence-corrected chi connectivity index (χ1v) is 17.6. The van der Waals surface area contributed by atoms with Crippen molar-refractivity contribution < 1.29 is 25.9 Å². The molecule has 0 unspecified atom stereocenters. The molecule has 0 saturated carbocycles. The molecule has 0 aliphatic carbocycles. The predicted octanol–water partition coefficient (Wildman–Crippen LogP) is 6.87. The lowest BCUT2D eigenvalue weighted by molar-refractivity contribution is 0.459. The Morgan fingerprint density at radius 3 is 2.33 bits per heavy atom. The van der Waals surface area contributed by atoms with Crippen molar-refractivity contribution in [2.24, 2.45) is 0 Å². The molecule has 0 saturated heterocycles. The van der Waals surface area contributed by atoms with Gasteiger partial charge in [-0.3, -0.25) is 0 Å². The van der Waals surface area contributed by atoms with Crippen LogP contribution >= 0.6 is 46.3 Å². The topological polar surface area (TPSA) is 118 Å². The van der Waals surface area contributed by atoms with Crippen molar-refractivity contribution in [3.8, 4) is 0 Å². The van der Waals surface area contributed by atoms with Crippen LogP contribution in [0, 0.1) is 0 Å². The van der Waals surface area contributed by atoms with E-state index in [2.05, 4.69) is 6.08 Å². The Bertz CT molecular complexity index is 1660. The third kappa shape index (κ3) is 8.23. The zero-order chi connectivity index (χ0) is 28.4. The third-order valence-corrected chi connectivity index (χ3v) is 10.4. The number of hydrogen-bond acceptors (Lipinski definition) is 9. The van der Waals surface area contributed by atoms with Gasteiger partial charge in [0.25, 0.3) is 0 Å². The molecule has 39 heavy (non-hydrogen) atoms. The zero-order valence-corrected chi connectivity index (χ0v) is 25.6. The van der Waals surface area contributed by atoms with Crippen molar-refractivity contribution in [1.29, 1.82) is 0 Å². The van der Waals surface area contributed by atoms with Crippen LogP contribution in [0.2, 0.25) is 10.0 Å². The Kier molecular flexibility index (Phi) is 9.76. The van der Waals surface area contributed by atoms with Crippen molar-refractivity contribution in [2.75, 3.05) is 23.0 Å². The molecule has 0 N–H and O–H groups in total. The van der Waals surface area contributed by atoms with Gasteiger partial charge in [0.15, 0.2) is 0 Å². The summed E-state index contributed by atoms with van der Waals surface area (Å²) < 4.78 is 68.2. The monoisotopic (exact) mass is 645 g/mol. The number of allylic oxidation sites excluding steroid dienone is 2. The van der Waals surface area contributed by atoms with Gasteiger partial charge in [0.2, 0.25) is 0 Å². The molecule has 2 aromatic carbocycles. The fourth-order valence-corrected chi connectivity index (χ4v) is 8.00. The van der Waals surface area contributed by atoms with Gasteiger partial charge >= 0.3 is 0 Å². The number of thiophene rings is 1. The molecule has 1 aliphatic heterocycles. The average Bonchev–Trinajstić information content (AvgIpc) is 3.34. The molecule has 0 fully saturated rings. The largest absolute Gasteiger partial charge is 0.748 e. The second kappa shape index (κ2) is 12.5. The first-order valence-electron chi connectivity index (χ1n) is 12.1. The summed E-state index contributed by atoms with van der Waals surface area (Å²) in [5.41, 5.74) is 2.79. The summed E-state index contributed by atoms with van der Waals surface area (Å²) in [6.07, 6.45) is 5.57. The fraction of sp³-hybridized carbons (Fsp3) is 0.308. The van der Waals surface area contributed by atoms with Crippen molar-refractivity contribution >= 4 is 88.4 Å². The summed E-state index contributed by atoms with van der Waals surface area (Å²) in [5.74, 6) is -0.898. The SMILES string of the molecule is CCC(=Cc1sc2ccc(Cl)cc2c1CCCS(=O)(=O)[O-])C=C1Sc2ccc(Cl)cc2N1CCCS(=O)(=O)[O-]. The van der Waals surface area contributed by atoms with E-state index >= 15 is 0 Å². The maximum atomic E-state index is 11.2. The normalized spacial score (nSPS) is 15.5. The van der Waals surface area contributed by atoms with Gasteiger partial charge in [0, 0.05) is 42.6 Å². The summed E-state index contributed by atoms with van der Waals surface area (Å²) in [6, 6.07) is 11.1. The average molecular weight is 647 g/mol. The quantitative estimate of drug-likeness (QED) is 0.207. The minimum Gasteiger partial charge on any atom is -0.748 e. The van der Waals surface area contributed by atoms with Crippen molar-refractivity contribution in [1.82, 2.24) is 0 Å². The summed E-state index contributed by atoms with van der Waals surface area (Å²) in [6.45, 7) is 2.36. The van der Waals surface area contributed by atoms with E-state index in [0.717, 1.165) is 41.7 Å². The van der Waals surface area contributed by atoms with Gasteiger partial charge in [-0.25, -0.2) is 16.8 Å². The van der Waals surface area contributed by atoms with E-state index in [4.69, 9.17) is 23.2 Å². The van der Waals surface area contributed by atoms with E-state index in [1.165, 1.54) is 11.8 Å². The van der Waals surface area contributed by atoms with Gasteiger partial charge in [0.05, 0.1) is 31.0 Å². The lowest BCUT2D eigenvalue weighted by Gasteiger charge is -2.21. The Hall–Kier alpha value is -1.57. The van der Waals surface area contributed by atoms with Crippen molar-refractivity contribution in [2.45, 2.75) is 37.5 Å². The maximum absolute atomic E-state index is 11.2. The molecule has 3 aromatic rings. The lowest BCUT2D eigenvalue weighted by atomic mass is 10.0. The van der Waals surface area contributed by atoms with Gasteiger partial charge in [-0.05, 0) is 90.8 Å². The lowest BCUT2D eigenvalue weighted by Crippen LogP contribution is -2.21. The van der Waals surface area contributed by atoms with Crippen LogP contribution in [0.5, 0.6) is 0 Å². The molecule has 0 atom stereocenters. The van der Waals surface area contributed by atoms with Gasteiger partial charge in [0.1, 0.15) is 0 Å². The highest BCUT2D eigenvalue weighted by Crippen LogP contribution is 2.47. The van der Waals surface area contributed by atoms with E-state index in [1.807, 2.05) is 42.2 Å². The number of thioether (sulfide) groups is 1. The first kappa shape index (κ1) is 30.4. The summed E-state index contributed by atoms with van der Waals surface area (Å²) in [7, 11) is -8.65. The van der Waals surface area contributed by atoms with Crippen LogP contribution in [0.15, 0.2) is 58.0 Å². The molecule has 1 aliphatic rings. The Balaban J connectivity index is 1.71. The highest BCUT2D eigenvalue weighted by atomic mass is 35.5. The highest BCUT2D eigenvalue weighted by molar-refractivity contribution is 8.03. The number of rotatable bonds is 11. The third-order valence-electron chi connectivity index (χ3n) is 6.11. The predicted molar refractivity (Wildman–Crippen MR) is 160 cm³/mol. The number of hydrogen-bond donors (Lipinski definition) is 0. The van der Waals surface area contributed by atoms with Crippen LogP contribution in [0.1, 0.15) is 36.6 Å². The van der Waals surface area contributed by atoms with E-state index < -0.39 is 31.7 Å². The number of anilines is 1.